The molecule has 0 atom stereocenters. The zero-order valence-corrected chi connectivity index (χ0v) is 78.5. The maximum Gasteiger partial charge on any atom is 0.163 e. The minimum atomic E-state index is 0.648. The lowest BCUT2D eigenvalue weighted by Crippen LogP contribution is -1.97. The molecule has 672 valence electrons. The van der Waals surface area contributed by atoms with E-state index in [1.807, 2.05) is 54.7 Å². The van der Waals surface area contributed by atoms with Crippen LogP contribution in [0.2, 0.25) is 0 Å². The van der Waals surface area contributed by atoms with Gasteiger partial charge in [-0.2, -0.15) is 0 Å². The quantitative estimate of drug-likeness (QED) is 0.0945. The van der Waals surface area contributed by atoms with E-state index in [9.17, 15) is 0 Å². The molecule has 27 rings (SSSR count). The number of hydrogen-bond donors (Lipinski definition) is 0. The lowest BCUT2D eigenvalue weighted by atomic mass is 9.91. The van der Waals surface area contributed by atoms with E-state index in [0.29, 0.717) is 23.3 Å². The van der Waals surface area contributed by atoms with E-state index in [2.05, 4.69) is 489 Å². The maximum absolute atomic E-state index is 5.14. The summed E-state index contributed by atoms with van der Waals surface area (Å²) in [6.45, 7) is 0. The average Bonchev–Trinajstić information content (AvgIpc) is 0.746. The summed E-state index contributed by atoms with van der Waals surface area (Å²) in [6.07, 6.45) is 3.48. The molecular weight excluding hydrogens is 1740 g/mol. The van der Waals surface area contributed by atoms with Crippen molar-refractivity contribution in [3.05, 3.63) is 540 Å². The topological polar surface area (TPSA) is 90.2 Å². The molecule has 0 aliphatic rings. The van der Waals surface area contributed by atoms with Gasteiger partial charge < -0.3 is 0 Å². The van der Waals surface area contributed by atoms with Crippen LogP contribution < -0.4 is 0 Å². The number of benzene rings is 24. The molecule has 27 aromatic rings. The Bertz CT molecular complexity index is 9070. The van der Waals surface area contributed by atoms with Crippen molar-refractivity contribution in [3.8, 4) is 168 Å². The van der Waals surface area contributed by atoms with Gasteiger partial charge in [0.2, 0.25) is 0 Å². The smallest absolute Gasteiger partial charge is 0.163 e. The third-order valence-electron chi connectivity index (χ3n) is 27.8. The van der Waals surface area contributed by atoms with Crippen molar-refractivity contribution >= 4 is 97.0 Å². The predicted molar refractivity (Wildman–Crippen MR) is 603 cm³/mol. The van der Waals surface area contributed by atoms with Crippen LogP contribution in [0.25, 0.3) is 265 Å². The van der Waals surface area contributed by atoms with E-state index in [1.165, 1.54) is 136 Å². The van der Waals surface area contributed by atoms with Gasteiger partial charge in [-0.25, -0.2) is 34.9 Å². The fourth-order valence-corrected chi connectivity index (χ4v) is 20.9. The van der Waals surface area contributed by atoms with Gasteiger partial charge in [0.15, 0.2) is 23.3 Å². The first-order chi connectivity index (χ1) is 71.4. The van der Waals surface area contributed by atoms with Gasteiger partial charge in [-0.15, -0.1) is 0 Å². The van der Waals surface area contributed by atoms with Gasteiger partial charge in [-0.05, 0) is 247 Å². The van der Waals surface area contributed by atoms with Gasteiger partial charge in [0.25, 0.3) is 0 Å². The molecule has 0 amide bonds. The molecule has 24 aromatic carbocycles. The van der Waals surface area contributed by atoms with Crippen LogP contribution in [0, 0.1) is 0 Å². The van der Waals surface area contributed by atoms with Gasteiger partial charge in [0.05, 0.1) is 17.1 Å². The highest BCUT2D eigenvalue weighted by Crippen LogP contribution is 2.46. The Morgan fingerprint density at radius 3 is 0.750 bits per heavy atom. The first-order valence-electron chi connectivity index (χ1n) is 48.8. The fraction of sp³-hybridized carbons (Fsp3) is 0. The lowest BCUT2D eigenvalue weighted by Gasteiger charge is -2.14. The Morgan fingerprint density at radius 1 is 0.104 bits per heavy atom. The molecular formula is C137H89N7. The van der Waals surface area contributed by atoms with Gasteiger partial charge in [0, 0.05) is 45.1 Å². The SMILES string of the molecule is c1ccc(-c2cc(-c3ccccc3-c3cccc(-c4ccc5c6ccccc6c6ccccc6c5c4)c3)nc(-c3ccccc3)n2)cc1.c1ccc(-c2cccc(-c3ccnc(-c4ccccc4-c4cccc(-c5ccc6c7ccccc7c7ccccc7c6c5)c4)n3)c2)cc1.c1ccc(-c2cccc(-c3ncnc(-c4ccccc4-c4cccc(-c5ccc6c7ccccc7c7ccccc7c6c5)c4)n3)c2)cc1. The molecule has 0 unspecified atom stereocenters. The summed E-state index contributed by atoms with van der Waals surface area (Å²) in [6, 6.07) is 187. The Kier molecular flexibility index (Phi) is 23.0. The van der Waals surface area contributed by atoms with Gasteiger partial charge in [-0.3, -0.25) is 0 Å². The minimum Gasteiger partial charge on any atom is -0.237 e. The summed E-state index contributed by atoms with van der Waals surface area (Å²) in [5.74, 6) is 2.72. The molecule has 0 fully saturated rings. The molecule has 3 heterocycles. The fourth-order valence-electron chi connectivity index (χ4n) is 20.9. The second kappa shape index (κ2) is 38.3. The molecule has 0 saturated carbocycles. The van der Waals surface area contributed by atoms with Crippen LogP contribution in [-0.4, -0.2) is 34.9 Å². The lowest BCUT2D eigenvalue weighted by molar-refractivity contribution is 1.07. The maximum atomic E-state index is 5.14. The second-order valence-corrected chi connectivity index (χ2v) is 36.4. The molecule has 0 radical (unpaired) electrons. The second-order valence-electron chi connectivity index (χ2n) is 36.4. The molecule has 3 aromatic heterocycles. The molecule has 0 spiro atoms. The summed E-state index contributed by atoms with van der Waals surface area (Å²) < 4.78 is 0. The third-order valence-corrected chi connectivity index (χ3v) is 27.8. The molecule has 144 heavy (non-hydrogen) atoms. The molecule has 7 nitrogen and oxygen atoms in total. The number of aromatic nitrogens is 7. The van der Waals surface area contributed by atoms with Crippen LogP contribution in [0.3, 0.4) is 0 Å². The summed E-state index contributed by atoms with van der Waals surface area (Å²) >= 11 is 0. The van der Waals surface area contributed by atoms with Crippen LogP contribution in [-0.2, 0) is 0 Å². The monoisotopic (exact) mass is 1830 g/mol. The molecule has 0 saturated heterocycles. The van der Waals surface area contributed by atoms with E-state index in [4.69, 9.17) is 24.9 Å². The van der Waals surface area contributed by atoms with Crippen LogP contribution in [0.5, 0.6) is 0 Å². The Morgan fingerprint density at radius 2 is 0.354 bits per heavy atom. The van der Waals surface area contributed by atoms with Crippen LogP contribution in [0.4, 0.5) is 0 Å². The number of rotatable bonds is 15. The molecule has 0 aliphatic heterocycles. The third kappa shape index (κ3) is 16.8. The molecule has 0 aliphatic carbocycles. The van der Waals surface area contributed by atoms with Crippen molar-refractivity contribution in [1.82, 2.24) is 34.9 Å². The van der Waals surface area contributed by atoms with Gasteiger partial charge in [0.1, 0.15) is 6.33 Å². The Hall–Kier alpha value is -19.2. The summed E-state index contributed by atoms with van der Waals surface area (Å²) in [5.41, 5.74) is 28.2. The van der Waals surface area contributed by atoms with Crippen molar-refractivity contribution in [2.24, 2.45) is 0 Å². The van der Waals surface area contributed by atoms with Crippen molar-refractivity contribution in [2.45, 2.75) is 0 Å². The van der Waals surface area contributed by atoms with E-state index in [0.717, 1.165) is 106 Å². The molecule has 0 N–H and O–H groups in total. The van der Waals surface area contributed by atoms with Gasteiger partial charge >= 0.3 is 0 Å². The standard InChI is InChI=1S/2C46H30N2.C45H29N3/c1-3-14-31(15-4-1)44-30-45(48-46(47-44)32-16-5-2-6-17-32)42-25-12-7-20-36(42)35-19-13-18-33(28-35)34-26-27-41-39-23-9-8-21-37(39)38-22-10-11-24-40(38)43(41)29-34;1-2-12-31(13-3-1)32-14-11-17-36(29-32)45-26-27-47-46(48-45)43-23-9-4-18-37(43)35-16-10-15-33(28-35)34-24-25-42-40-21-6-5-19-38(40)39-20-7-8-22-41(39)44(42)30-34;1-2-12-30(13-3-1)31-14-11-17-35(27-31)44-46-29-47-45(48-44)42-23-9-4-18-36(42)34-16-10-15-32(26-34)33-24-25-41-39-21-6-5-19-37(39)38-20-7-8-22-40(38)43(41)28-33/h2*1-30H;1-29H. The highest BCUT2D eigenvalue weighted by atomic mass is 15.0. The van der Waals surface area contributed by atoms with Crippen LogP contribution in [0.1, 0.15) is 0 Å². The largest absolute Gasteiger partial charge is 0.237 e. The first-order valence-corrected chi connectivity index (χ1v) is 48.8. The predicted octanol–water partition coefficient (Wildman–Crippen LogP) is 36.2. The van der Waals surface area contributed by atoms with Crippen molar-refractivity contribution < 1.29 is 0 Å². The van der Waals surface area contributed by atoms with E-state index < -0.39 is 0 Å². The Labute approximate surface area is 834 Å². The minimum absolute atomic E-state index is 0.648. The first kappa shape index (κ1) is 86.4. The summed E-state index contributed by atoms with van der Waals surface area (Å²) in [4.78, 5) is 34.2. The normalized spacial score (nSPS) is 11.3. The Balaban J connectivity index is 0.000000113. The zero-order chi connectivity index (χ0) is 95.6. The van der Waals surface area contributed by atoms with E-state index in [-0.39, 0.29) is 0 Å². The van der Waals surface area contributed by atoms with Crippen LogP contribution in [0.15, 0.2) is 540 Å². The van der Waals surface area contributed by atoms with Crippen molar-refractivity contribution in [3.63, 3.8) is 0 Å². The molecule has 0 bridgehead atoms. The summed E-state index contributed by atoms with van der Waals surface area (Å²) in [7, 11) is 0. The highest BCUT2D eigenvalue weighted by molar-refractivity contribution is 6.28. The van der Waals surface area contributed by atoms with E-state index in [1.54, 1.807) is 6.33 Å². The number of nitrogens with zero attached hydrogens (tertiary/aromatic N) is 7. The van der Waals surface area contributed by atoms with Crippen molar-refractivity contribution in [1.29, 1.82) is 0 Å². The van der Waals surface area contributed by atoms with Crippen LogP contribution >= 0.6 is 0 Å². The van der Waals surface area contributed by atoms with Gasteiger partial charge in [-0.1, -0.05) is 467 Å². The summed E-state index contributed by atoms with van der Waals surface area (Å²) in [5, 5.41) is 23.1. The van der Waals surface area contributed by atoms with Crippen molar-refractivity contribution in [2.75, 3.05) is 0 Å². The average molecular weight is 1830 g/mol. The van der Waals surface area contributed by atoms with E-state index >= 15 is 0 Å². The number of fused-ring (bicyclic) bond motifs is 18. The highest BCUT2D eigenvalue weighted by Gasteiger charge is 2.22. The number of hydrogen-bond acceptors (Lipinski definition) is 7. The zero-order valence-electron chi connectivity index (χ0n) is 78.5. The molecule has 7 heteroatoms.